The van der Waals surface area contributed by atoms with Gasteiger partial charge in [-0.1, -0.05) is 30.3 Å². The minimum Gasteiger partial charge on any atom is -0.342 e. The number of hydrogen-bond donors (Lipinski definition) is 0. The second-order valence-corrected chi connectivity index (χ2v) is 8.15. The average Bonchev–Trinajstić information content (AvgIpc) is 2.81. The van der Waals surface area contributed by atoms with Crippen molar-refractivity contribution in [3.05, 3.63) is 64.1 Å². The lowest BCUT2D eigenvalue weighted by Crippen LogP contribution is -2.46. The third kappa shape index (κ3) is 4.61. The zero-order valence-corrected chi connectivity index (χ0v) is 17.2. The minimum atomic E-state index is -0.235. The third-order valence-corrected chi connectivity index (χ3v) is 6.06. The summed E-state index contributed by atoms with van der Waals surface area (Å²) in [6, 6.07) is 12.5. The molecule has 2 amide bonds. The Labute approximate surface area is 176 Å². The SMILES string of the molecule is O=C(c1ccc(=O)n(Cc2ccccc2)n1)N1CCC(C(=O)N2CCCCC2)CC1. The first-order valence-electron chi connectivity index (χ1n) is 10.8. The Hall–Kier alpha value is -2.96. The highest BCUT2D eigenvalue weighted by atomic mass is 16.2. The summed E-state index contributed by atoms with van der Waals surface area (Å²) in [5.74, 6) is 0.0733. The summed E-state index contributed by atoms with van der Waals surface area (Å²) in [6.07, 6.45) is 4.76. The molecule has 1 aromatic heterocycles. The van der Waals surface area contributed by atoms with Gasteiger partial charge in [0.05, 0.1) is 6.54 Å². The number of nitrogens with zero attached hydrogens (tertiary/aromatic N) is 4. The van der Waals surface area contributed by atoms with E-state index in [2.05, 4.69) is 5.10 Å². The van der Waals surface area contributed by atoms with Gasteiger partial charge in [-0.15, -0.1) is 0 Å². The Bertz CT molecular complexity index is 942. The van der Waals surface area contributed by atoms with Crippen molar-refractivity contribution in [2.45, 2.75) is 38.6 Å². The standard InChI is InChI=1S/C23H28N4O3/c28-21-10-9-20(24-27(21)17-18-7-3-1-4-8-18)23(30)26-15-11-19(12-16-26)22(29)25-13-5-2-6-14-25/h1,3-4,7-10,19H,2,5-6,11-17H2. The molecule has 0 N–H and O–H groups in total. The first-order chi connectivity index (χ1) is 14.6. The Morgan fingerprint density at radius 2 is 1.57 bits per heavy atom. The molecule has 7 heteroatoms. The molecule has 158 valence electrons. The van der Waals surface area contributed by atoms with Crippen molar-refractivity contribution in [1.29, 1.82) is 0 Å². The maximum atomic E-state index is 12.9. The van der Waals surface area contributed by atoms with Crippen molar-refractivity contribution >= 4 is 11.8 Å². The molecule has 4 rings (SSSR count). The quantitative estimate of drug-likeness (QED) is 0.777. The van der Waals surface area contributed by atoms with E-state index in [1.54, 1.807) is 4.90 Å². The number of aromatic nitrogens is 2. The number of amides is 2. The van der Waals surface area contributed by atoms with Crippen LogP contribution in [0.15, 0.2) is 47.3 Å². The van der Waals surface area contributed by atoms with Crippen LogP contribution in [0.3, 0.4) is 0 Å². The first kappa shape index (κ1) is 20.3. The van der Waals surface area contributed by atoms with Crippen LogP contribution in [0.4, 0.5) is 0 Å². The number of benzene rings is 1. The van der Waals surface area contributed by atoms with Gasteiger partial charge < -0.3 is 9.80 Å². The zero-order valence-electron chi connectivity index (χ0n) is 17.2. The van der Waals surface area contributed by atoms with Gasteiger partial charge in [0.2, 0.25) is 5.91 Å². The van der Waals surface area contributed by atoms with Gasteiger partial charge in [0.15, 0.2) is 0 Å². The third-order valence-electron chi connectivity index (χ3n) is 6.06. The van der Waals surface area contributed by atoms with Gasteiger partial charge in [-0.3, -0.25) is 14.4 Å². The largest absolute Gasteiger partial charge is 0.342 e. The predicted octanol–water partition coefficient (Wildman–Crippen LogP) is 2.16. The number of carbonyl (C=O) groups is 2. The topological polar surface area (TPSA) is 75.5 Å². The molecule has 2 saturated heterocycles. The summed E-state index contributed by atoms with van der Waals surface area (Å²) < 4.78 is 1.33. The fourth-order valence-electron chi connectivity index (χ4n) is 4.30. The summed E-state index contributed by atoms with van der Waals surface area (Å²) in [7, 11) is 0. The monoisotopic (exact) mass is 408 g/mol. The van der Waals surface area contributed by atoms with Crippen molar-refractivity contribution < 1.29 is 9.59 Å². The molecule has 2 aliphatic heterocycles. The molecule has 0 radical (unpaired) electrons. The van der Waals surface area contributed by atoms with E-state index in [1.807, 2.05) is 35.2 Å². The van der Waals surface area contributed by atoms with Crippen LogP contribution < -0.4 is 5.56 Å². The Morgan fingerprint density at radius 1 is 0.867 bits per heavy atom. The van der Waals surface area contributed by atoms with Gasteiger partial charge in [0, 0.05) is 38.2 Å². The molecule has 0 atom stereocenters. The fraction of sp³-hybridized carbons (Fsp3) is 0.478. The van der Waals surface area contributed by atoms with E-state index in [0.29, 0.717) is 32.5 Å². The van der Waals surface area contributed by atoms with Gasteiger partial charge in [-0.25, -0.2) is 4.68 Å². The lowest BCUT2D eigenvalue weighted by Gasteiger charge is -2.35. The van der Waals surface area contributed by atoms with Crippen molar-refractivity contribution in [2.24, 2.45) is 5.92 Å². The van der Waals surface area contributed by atoms with E-state index in [4.69, 9.17) is 0 Å². The smallest absolute Gasteiger partial charge is 0.274 e. The van der Waals surface area contributed by atoms with E-state index >= 15 is 0 Å². The maximum Gasteiger partial charge on any atom is 0.274 e. The molecule has 0 saturated carbocycles. The van der Waals surface area contributed by atoms with Crippen LogP contribution in [0.5, 0.6) is 0 Å². The van der Waals surface area contributed by atoms with Crippen LogP contribution in [0, 0.1) is 5.92 Å². The summed E-state index contributed by atoms with van der Waals surface area (Å²) in [4.78, 5) is 41.6. The number of rotatable bonds is 4. The number of likely N-dealkylation sites (tertiary alicyclic amines) is 2. The van der Waals surface area contributed by atoms with Gasteiger partial charge in [0.1, 0.15) is 5.69 Å². The summed E-state index contributed by atoms with van der Waals surface area (Å²) in [5.41, 5.74) is 0.987. The summed E-state index contributed by atoms with van der Waals surface area (Å²) in [6.45, 7) is 3.15. The van der Waals surface area contributed by atoms with Crippen LogP contribution in [0.2, 0.25) is 0 Å². The molecular weight excluding hydrogens is 380 g/mol. The second kappa shape index (κ2) is 9.24. The van der Waals surface area contributed by atoms with E-state index in [0.717, 1.165) is 31.5 Å². The molecule has 0 bridgehead atoms. The average molecular weight is 409 g/mol. The van der Waals surface area contributed by atoms with Crippen molar-refractivity contribution in [3.63, 3.8) is 0 Å². The predicted molar refractivity (Wildman–Crippen MR) is 113 cm³/mol. The van der Waals surface area contributed by atoms with Crippen LogP contribution in [-0.4, -0.2) is 57.6 Å². The first-order valence-corrected chi connectivity index (χ1v) is 10.8. The van der Waals surface area contributed by atoms with Gasteiger partial charge in [-0.05, 0) is 43.7 Å². The van der Waals surface area contributed by atoms with E-state index in [9.17, 15) is 14.4 Å². The highest BCUT2D eigenvalue weighted by Crippen LogP contribution is 2.22. The lowest BCUT2D eigenvalue weighted by molar-refractivity contribution is -0.137. The number of hydrogen-bond acceptors (Lipinski definition) is 4. The zero-order chi connectivity index (χ0) is 20.9. The summed E-state index contributed by atoms with van der Waals surface area (Å²) >= 11 is 0. The molecule has 0 spiro atoms. The fourth-order valence-corrected chi connectivity index (χ4v) is 4.30. The number of carbonyl (C=O) groups excluding carboxylic acids is 2. The molecule has 30 heavy (non-hydrogen) atoms. The molecule has 2 aromatic rings. The van der Waals surface area contributed by atoms with Crippen LogP contribution in [-0.2, 0) is 11.3 Å². The van der Waals surface area contributed by atoms with Gasteiger partial charge in [-0.2, -0.15) is 5.10 Å². The normalized spacial score (nSPS) is 17.7. The van der Waals surface area contributed by atoms with E-state index in [-0.39, 0.29) is 29.0 Å². The molecule has 2 aliphatic rings. The summed E-state index contributed by atoms with van der Waals surface area (Å²) in [5, 5.41) is 4.31. The molecule has 2 fully saturated rings. The van der Waals surface area contributed by atoms with Crippen LogP contribution in [0.25, 0.3) is 0 Å². The van der Waals surface area contributed by atoms with Crippen LogP contribution in [0.1, 0.15) is 48.2 Å². The molecule has 1 aromatic carbocycles. The Kier molecular flexibility index (Phi) is 6.26. The second-order valence-electron chi connectivity index (χ2n) is 8.15. The van der Waals surface area contributed by atoms with Gasteiger partial charge in [0.25, 0.3) is 11.5 Å². The van der Waals surface area contributed by atoms with Crippen LogP contribution >= 0.6 is 0 Å². The lowest BCUT2D eigenvalue weighted by atomic mass is 9.94. The molecule has 0 unspecified atom stereocenters. The molecule has 7 nitrogen and oxygen atoms in total. The number of piperidine rings is 2. The highest BCUT2D eigenvalue weighted by Gasteiger charge is 2.31. The van der Waals surface area contributed by atoms with Crippen molar-refractivity contribution in [2.75, 3.05) is 26.2 Å². The van der Waals surface area contributed by atoms with Crippen molar-refractivity contribution in [1.82, 2.24) is 19.6 Å². The Morgan fingerprint density at radius 3 is 2.27 bits per heavy atom. The molecule has 0 aliphatic carbocycles. The van der Waals surface area contributed by atoms with E-state index in [1.165, 1.54) is 23.2 Å². The Balaban J connectivity index is 1.38. The van der Waals surface area contributed by atoms with Crippen molar-refractivity contribution in [3.8, 4) is 0 Å². The maximum absolute atomic E-state index is 12.9. The van der Waals surface area contributed by atoms with Gasteiger partial charge >= 0.3 is 0 Å². The molecule has 3 heterocycles. The highest BCUT2D eigenvalue weighted by molar-refractivity contribution is 5.92. The molecular formula is C23H28N4O3. The minimum absolute atomic E-state index is 0.00661. The van der Waals surface area contributed by atoms with E-state index < -0.39 is 0 Å².